The number of guanidine groups is 1. The molecule has 0 bridgehead atoms. The number of aliphatic imine (C=N–C) groups is 1. The van der Waals surface area contributed by atoms with Gasteiger partial charge in [0.15, 0.2) is 5.96 Å². The quantitative estimate of drug-likeness (QED) is 0.469. The van der Waals surface area contributed by atoms with Crippen LogP contribution in [0.25, 0.3) is 0 Å². The fraction of sp³-hybridized carbons (Fsp3) is 0.250. The van der Waals surface area contributed by atoms with Crippen LogP contribution in [0.3, 0.4) is 0 Å². The molecule has 0 aliphatic rings. The van der Waals surface area contributed by atoms with Gasteiger partial charge in [-0.15, -0.1) is 0 Å². The number of halogens is 3. The van der Waals surface area contributed by atoms with Crippen molar-refractivity contribution in [3.63, 3.8) is 0 Å². The van der Waals surface area contributed by atoms with Crippen LogP contribution in [-0.4, -0.2) is 17.5 Å². The van der Waals surface area contributed by atoms with E-state index < -0.39 is 0 Å². The Bertz CT molecular complexity index is 686. The molecule has 2 rings (SSSR count). The molecular weight excluding hydrogens is 355 g/mol. The standard InChI is InChI=1S/C16H17Cl3N4/c1-10(13-4-3-12(17)8-14(13)18)23-16(20)21-7-6-11-2-5-15(19)22-9-11/h2-5,8-10H,6-7H2,1H3,(H3,20,21,23). The fourth-order valence-corrected chi connectivity index (χ4v) is 2.74. The molecular formula is C16H17Cl3N4. The van der Waals surface area contributed by atoms with E-state index in [9.17, 15) is 0 Å². The third-order valence-electron chi connectivity index (χ3n) is 3.26. The molecule has 122 valence electrons. The number of nitrogens with one attached hydrogen (secondary N) is 1. The summed E-state index contributed by atoms with van der Waals surface area (Å²) in [7, 11) is 0. The van der Waals surface area contributed by atoms with Crippen molar-refractivity contribution in [1.29, 1.82) is 0 Å². The van der Waals surface area contributed by atoms with Crippen molar-refractivity contribution < 1.29 is 0 Å². The Morgan fingerprint density at radius 1 is 1.26 bits per heavy atom. The normalized spacial score (nSPS) is 13.0. The van der Waals surface area contributed by atoms with Crippen LogP contribution in [0.15, 0.2) is 41.5 Å². The lowest BCUT2D eigenvalue weighted by atomic mass is 10.1. The van der Waals surface area contributed by atoms with Gasteiger partial charge < -0.3 is 11.1 Å². The first-order valence-electron chi connectivity index (χ1n) is 7.07. The Morgan fingerprint density at radius 2 is 2.04 bits per heavy atom. The molecule has 0 fully saturated rings. The zero-order chi connectivity index (χ0) is 16.8. The fourth-order valence-electron chi connectivity index (χ4n) is 2.06. The summed E-state index contributed by atoms with van der Waals surface area (Å²) in [5, 5.41) is 4.79. The SMILES string of the molecule is CC(NC(N)=NCCc1ccc(Cl)nc1)c1ccc(Cl)cc1Cl. The highest BCUT2D eigenvalue weighted by molar-refractivity contribution is 6.35. The van der Waals surface area contributed by atoms with Gasteiger partial charge in [0, 0.05) is 22.8 Å². The molecule has 4 nitrogen and oxygen atoms in total. The second-order valence-electron chi connectivity index (χ2n) is 5.04. The minimum absolute atomic E-state index is 0.0688. The van der Waals surface area contributed by atoms with Crippen LogP contribution < -0.4 is 11.1 Å². The highest BCUT2D eigenvalue weighted by Crippen LogP contribution is 2.25. The van der Waals surface area contributed by atoms with Crippen LogP contribution in [0, 0.1) is 0 Å². The van der Waals surface area contributed by atoms with E-state index in [1.807, 2.05) is 19.1 Å². The van der Waals surface area contributed by atoms with Crippen molar-refractivity contribution in [1.82, 2.24) is 10.3 Å². The summed E-state index contributed by atoms with van der Waals surface area (Å²) in [4.78, 5) is 8.33. The molecule has 0 amide bonds. The molecule has 0 aliphatic carbocycles. The number of nitrogens with zero attached hydrogens (tertiary/aromatic N) is 2. The maximum atomic E-state index is 6.18. The first-order chi connectivity index (χ1) is 11.0. The maximum absolute atomic E-state index is 6.18. The first-order valence-corrected chi connectivity index (χ1v) is 8.21. The van der Waals surface area contributed by atoms with E-state index in [1.165, 1.54) is 0 Å². The zero-order valence-electron chi connectivity index (χ0n) is 12.6. The lowest BCUT2D eigenvalue weighted by Crippen LogP contribution is -2.34. The van der Waals surface area contributed by atoms with E-state index in [0.717, 1.165) is 17.5 Å². The summed E-state index contributed by atoms with van der Waals surface area (Å²) in [6.07, 6.45) is 2.47. The van der Waals surface area contributed by atoms with Crippen LogP contribution in [0.1, 0.15) is 24.1 Å². The van der Waals surface area contributed by atoms with Gasteiger partial charge in [-0.25, -0.2) is 4.98 Å². The number of nitrogens with two attached hydrogens (primary N) is 1. The number of pyridine rings is 1. The van der Waals surface area contributed by atoms with Gasteiger partial charge in [-0.3, -0.25) is 4.99 Å². The van der Waals surface area contributed by atoms with Crippen LogP contribution in [0.2, 0.25) is 15.2 Å². The molecule has 0 radical (unpaired) electrons. The Labute approximate surface area is 150 Å². The predicted octanol–water partition coefficient (Wildman–Crippen LogP) is 4.25. The smallest absolute Gasteiger partial charge is 0.189 e. The number of hydrogen-bond acceptors (Lipinski definition) is 2. The summed E-state index contributed by atoms with van der Waals surface area (Å²) in [5.41, 5.74) is 7.88. The third kappa shape index (κ3) is 5.57. The predicted molar refractivity (Wildman–Crippen MR) is 97.5 cm³/mol. The second-order valence-corrected chi connectivity index (χ2v) is 6.27. The second kappa shape index (κ2) is 8.39. The van der Waals surface area contributed by atoms with E-state index in [2.05, 4.69) is 15.3 Å². The summed E-state index contributed by atoms with van der Waals surface area (Å²) in [6, 6.07) is 8.98. The molecule has 1 atom stereocenters. The van der Waals surface area contributed by atoms with Crippen molar-refractivity contribution in [2.24, 2.45) is 10.7 Å². The molecule has 3 N–H and O–H groups in total. The Balaban J connectivity index is 1.89. The number of benzene rings is 1. The van der Waals surface area contributed by atoms with Gasteiger partial charge in [-0.05, 0) is 42.7 Å². The van der Waals surface area contributed by atoms with E-state index in [0.29, 0.717) is 27.7 Å². The average molecular weight is 372 g/mol. The monoisotopic (exact) mass is 370 g/mol. The zero-order valence-corrected chi connectivity index (χ0v) is 14.8. The van der Waals surface area contributed by atoms with Gasteiger partial charge >= 0.3 is 0 Å². The largest absolute Gasteiger partial charge is 0.370 e. The van der Waals surface area contributed by atoms with Gasteiger partial charge in [0.2, 0.25) is 0 Å². The summed E-state index contributed by atoms with van der Waals surface area (Å²) in [6.45, 7) is 2.52. The van der Waals surface area contributed by atoms with Gasteiger partial charge in [-0.2, -0.15) is 0 Å². The summed E-state index contributed by atoms with van der Waals surface area (Å²) < 4.78 is 0. The van der Waals surface area contributed by atoms with Gasteiger partial charge in [0.05, 0.1) is 6.04 Å². The van der Waals surface area contributed by atoms with Crippen molar-refractivity contribution >= 4 is 40.8 Å². The highest BCUT2D eigenvalue weighted by atomic mass is 35.5. The molecule has 1 aromatic carbocycles. The molecule has 23 heavy (non-hydrogen) atoms. The molecule has 1 heterocycles. The summed E-state index contributed by atoms with van der Waals surface area (Å²) in [5.74, 6) is 0.366. The molecule has 7 heteroatoms. The Hall–Kier alpha value is -1.49. The molecule has 0 saturated carbocycles. The van der Waals surface area contributed by atoms with Crippen molar-refractivity contribution in [2.45, 2.75) is 19.4 Å². The lowest BCUT2D eigenvalue weighted by molar-refractivity contribution is 0.707. The van der Waals surface area contributed by atoms with Gasteiger partial charge in [0.1, 0.15) is 5.15 Å². The van der Waals surface area contributed by atoms with Gasteiger partial charge in [0.25, 0.3) is 0 Å². The van der Waals surface area contributed by atoms with Gasteiger partial charge in [-0.1, -0.05) is 46.9 Å². The third-order valence-corrected chi connectivity index (χ3v) is 4.05. The molecule has 1 aromatic heterocycles. The van der Waals surface area contributed by atoms with E-state index in [1.54, 1.807) is 24.4 Å². The van der Waals surface area contributed by atoms with Crippen molar-refractivity contribution in [2.75, 3.05) is 6.54 Å². The van der Waals surface area contributed by atoms with Crippen LogP contribution >= 0.6 is 34.8 Å². The molecule has 1 unspecified atom stereocenters. The topological polar surface area (TPSA) is 63.3 Å². The minimum atomic E-state index is -0.0688. The van der Waals surface area contributed by atoms with Crippen LogP contribution in [-0.2, 0) is 6.42 Å². The first kappa shape index (κ1) is 17.9. The van der Waals surface area contributed by atoms with Crippen LogP contribution in [0.5, 0.6) is 0 Å². The highest BCUT2D eigenvalue weighted by Gasteiger charge is 2.10. The van der Waals surface area contributed by atoms with Crippen molar-refractivity contribution in [3.05, 3.63) is 62.9 Å². The van der Waals surface area contributed by atoms with E-state index >= 15 is 0 Å². The number of hydrogen-bond donors (Lipinski definition) is 2. The maximum Gasteiger partial charge on any atom is 0.189 e. The number of rotatable bonds is 5. The molecule has 0 spiro atoms. The Morgan fingerprint density at radius 3 is 2.70 bits per heavy atom. The summed E-state index contributed by atoms with van der Waals surface area (Å²) >= 11 is 17.8. The number of aromatic nitrogens is 1. The average Bonchev–Trinajstić information content (AvgIpc) is 2.49. The van der Waals surface area contributed by atoms with Crippen molar-refractivity contribution in [3.8, 4) is 0 Å². The Kier molecular flexibility index (Phi) is 6.51. The minimum Gasteiger partial charge on any atom is -0.370 e. The lowest BCUT2D eigenvalue weighted by Gasteiger charge is -2.16. The van der Waals surface area contributed by atoms with E-state index in [4.69, 9.17) is 40.5 Å². The van der Waals surface area contributed by atoms with E-state index in [-0.39, 0.29) is 6.04 Å². The molecule has 0 saturated heterocycles. The molecule has 0 aliphatic heterocycles. The molecule has 2 aromatic rings. The van der Waals surface area contributed by atoms with Crippen LogP contribution in [0.4, 0.5) is 0 Å².